The predicted molar refractivity (Wildman–Crippen MR) is 53.2 cm³/mol. The molecule has 6 heteroatoms. The van der Waals surface area contributed by atoms with E-state index in [1.54, 1.807) is 17.4 Å². The van der Waals surface area contributed by atoms with E-state index in [1.807, 2.05) is 18.4 Å². The zero-order valence-electron chi connectivity index (χ0n) is 7.74. The van der Waals surface area contributed by atoms with Crippen molar-refractivity contribution in [3.63, 3.8) is 0 Å². The Bertz CT molecular complexity index is 347. The van der Waals surface area contributed by atoms with Crippen molar-refractivity contribution in [1.82, 2.24) is 15.6 Å². The third kappa shape index (κ3) is 1.84. The highest BCUT2D eigenvalue weighted by Gasteiger charge is 2.18. The van der Waals surface area contributed by atoms with Crippen LogP contribution < -0.4 is 11.0 Å². The molecule has 1 aromatic heterocycles. The fraction of sp³-hybridized carbons (Fsp3) is 0.250. The topological polar surface area (TPSA) is 57.1 Å². The van der Waals surface area contributed by atoms with Crippen molar-refractivity contribution in [3.05, 3.63) is 29.0 Å². The number of hydrazine groups is 1. The van der Waals surface area contributed by atoms with E-state index in [0.717, 1.165) is 17.9 Å². The summed E-state index contributed by atoms with van der Waals surface area (Å²) in [6, 6.07) is 3.65. The van der Waals surface area contributed by atoms with Crippen molar-refractivity contribution < 1.29 is 5.43 Å². The number of quaternary nitrogens is 1. The van der Waals surface area contributed by atoms with Crippen LogP contribution >= 0.6 is 11.6 Å². The van der Waals surface area contributed by atoms with E-state index in [2.05, 4.69) is 15.6 Å². The van der Waals surface area contributed by atoms with Gasteiger partial charge in [0.1, 0.15) is 5.15 Å². The first kappa shape index (κ1) is 9.39. The van der Waals surface area contributed by atoms with Gasteiger partial charge >= 0.3 is 0 Å². The fourth-order valence-electron chi connectivity index (χ4n) is 1.15. The number of halogens is 1. The van der Waals surface area contributed by atoms with Gasteiger partial charge in [-0.05, 0) is 19.1 Å². The van der Waals surface area contributed by atoms with Crippen LogP contribution in [0.3, 0.4) is 0 Å². The average Bonchev–Trinajstić information content (AvgIpc) is 2.67. The smallest absolute Gasteiger partial charge is 0.244 e. The SMILES string of the molecule is CCN1N=C(c2ccc(Cl)nc2)[NH2+]N1. The molecule has 2 rings (SSSR count). The Kier molecular flexibility index (Phi) is 2.62. The number of amidine groups is 1. The minimum absolute atomic E-state index is 0.493. The molecule has 14 heavy (non-hydrogen) atoms. The van der Waals surface area contributed by atoms with Crippen molar-refractivity contribution in [2.24, 2.45) is 5.10 Å². The molecule has 0 radical (unpaired) electrons. The Hall–Kier alpha value is -1.17. The molecule has 1 aromatic rings. The number of hydrazone groups is 1. The van der Waals surface area contributed by atoms with Gasteiger partial charge < -0.3 is 0 Å². The van der Waals surface area contributed by atoms with Crippen LogP contribution in [0.15, 0.2) is 23.4 Å². The van der Waals surface area contributed by atoms with Crippen molar-refractivity contribution in [3.8, 4) is 0 Å². The third-order valence-corrected chi connectivity index (χ3v) is 2.13. The Balaban J connectivity index is 2.20. The lowest BCUT2D eigenvalue weighted by molar-refractivity contribution is -0.619. The van der Waals surface area contributed by atoms with Gasteiger partial charge in [-0.15, -0.1) is 0 Å². The van der Waals surface area contributed by atoms with E-state index in [9.17, 15) is 0 Å². The maximum atomic E-state index is 5.69. The maximum absolute atomic E-state index is 5.69. The molecule has 0 spiro atoms. The lowest BCUT2D eigenvalue weighted by Crippen LogP contribution is -2.95. The van der Waals surface area contributed by atoms with Crippen LogP contribution in [0.2, 0.25) is 5.15 Å². The Morgan fingerprint density at radius 2 is 2.43 bits per heavy atom. The quantitative estimate of drug-likeness (QED) is 0.524. The normalized spacial score (nSPS) is 15.9. The van der Waals surface area contributed by atoms with Gasteiger partial charge in [0.05, 0.1) is 12.1 Å². The first-order valence-electron chi connectivity index (χ1n) is 4.37. The molecule has 5 nitrogen and oxygen atoms in total. The zero-order valence-corrected chi connectivity index (χ0v) is 8.49. The lowest BCUT2D eigenvalue weighted by Gasteiger charge is -2.03. The molecule has 0 bridgehead atoms. The summed E-state index contributed by atoms with van der Waals surface area (Å²) in [7, 11) is 0. The molecule has 0 aromatic carbocycles. The Labute approximate surface area is 86.7 Å². The number of pyridine rings is 1. The lowest BCUT2D eigenvalue weighted by atomic mass is 10.3. The summed E-state index contributed by atoms with van der Waals surface area (Å²) in [4.78, 5) is 3.99. The van der Waals surface area contributed by atoms with E-state index in [1.165, 1.54) is 0 Å². The monoisotopic (exact) mass is 212 g/mol. The number of rotatable bonds is 2. The van der Waals surface area contributed by atoms with Crippen LogP contribution in [0.5, 0.6) is 0 Å². The molecule has 0 saturated carbocycles. The number of hydrogen-bond donors (Lipinski definition) is 2. The average molecular weight is 213 g/mol. The van der Waals surface area contributed by atoms with Gasteiger partial charge in [-0.1, -0.05) is 22.2 Å². The van der Waals surface area contributed by atoms with Crippen molar-refractivity contribution in [2.75, 3.05) is 6.54 Å². The van der Waals surface area contributed by atoms with Crippen molar-refractivity contribution in [1.29, 1.82) is 0 Å². The molecular formula is C8H11ClN5+. The summed E-state index contributed by atoms with van der Waals surface area (Å²) in [5, 5.41) is 6.55. The van der Waals surface area contributed by atoms with Crippen LogP contribution in [0, 0.1) is 0 Å². The molecule has 3 N–H and O–H groups in total. The van der Waals surface area contributed by atoms with E-state index in [4.69, 9.17) is 11.6 Å². The fourth-order valence-corrected chi connectivity index (χ4v) is 1.27. The molecule has 0 aliphatic carbocycles. The summed E-state index contributed by atoms with van der Waals surface area (Å²) in [5.41, 5.74) is 5.81. The third-order valence-electron chi connectivity index (χ3n) is 1.90. The van der Waals surface area contributed by atoms with E-state index >= 15 is 0 Å². The molecule has 0 saturated heterocycles. The number of nitrogens with one attached hydrogen (secondary N) is 1. The van der Waals surface area contributed by atoms with Crippen molar-refractivity contribution >= 4 is 17.4 Å². The highest BCUT2D eigenvalue weighted by molar-refractivity contribution is 6.29. The van der Waals surface area contributed by atoms with Crippen LogP contribution in [-0.4, -0.2) is 22.5 Å². The minimum atomic E-state index is 0.493. The first-order valence-corrected chi connectivity index (χ1v) is 4.75. The van der Waals surface area contributed by atoms with Gasteiger partial charge in [-0.2, -0.15) is 10.5 Å². The highest BCUT2D eigenvalue weighted by atomic mass is 35.5. The number of nitrogens with two attached hydrogens (primary N) is 1. The first-order chi connectivity index (χ1) is 6.79. The van der Waals surface area contributed by atoms with Crippen LogP contribution in [-0.2, 0) is 0 Å². The van der Waals surface area contributed by atoms with Crippen molar-refractivity contribution in [2.45, 2.75) is 6.92 Å². The molecule has 0 unspecified atom stereocenters. The largest absolute Gasteiger partial charge is 0.272 e. The van der Waals surface area contributed by atoms with Gasteiger partial charge in [0.15, 0.2) is 0 Å². The second kappa shape index (κ2) is 3.91. The van der Waals surface area contributed by atoms with Crippen LogP contribution in [0.1, 0.15) is 12.5 Å². The summed E-state index contributed by atoms with van der Waals surface area (Å²) in [6.45, 7) is 2.84. The van der Waals surface area contributed by atoms with Gasteiger partial charge in [-0.25, -0.2) is 4.98 Å². The van der Waals surface area contributed by atoms with Gasteiger partial charge in [0, 0.05) is 6.20 Å². The van der Waals surface area contributed by atoms with Gasteiger partial charge in [0.25, 0.3) is 5.84 Å². The summed E-state index contributed by atoms with van der Waals surface area (Å²) in [5.74, 6) is 0.871. The number of hydrogen-bond acceptors (Lipinski definition) is 4. The summed E-state index contributed by atoms with van der Waals surface area (Å²) >= 11 is 5.69. The maximum Gasteiger partial charge on any atom is 0.272 e. The Morgan fingerprint density at radius 1 is 1.57 bits per heavy atom. The molecular weight excluding hydrogens is 202 g/mol. The highest BCUT2D eigenvalue weighted by Crippen LogP contribution is 2.05. The zero-order chi connectivity index (χ0) is 9.97. The van der Waals surface area contributed by atoms with Gasteiger partial charge in [0.2, 0.25) is 0 Å². The molecule has 0 atom stereocenters. The summed E-state index contributed by atoms with van der Waals surface area (Å²) in [6.07, 6.45) is 1.71. The molecule has 2 heterocycles. The second-order valence-electron chi connectivity index (χ2n) is 2.84. The number of nitrogens with zero attached hydrogens (tertiary/aromatic N) is 3. The van der Waals surface area contributed by atoms with E-state index in [0.29, 0.717) is 5.15 Å². The second-order valence-corrected chi connectivity index (χ2v) is 3.23. The molecule has 1 aliphatic rings. The van der Waals surface area contributed by atoms with Crippen LogP contribution in [0.25, 0.3) is 0 Å². The van der Waals surface area contributed by atoms with E-state index < -0.39 is 0 Å². The standard InChI is InChI=1S/C8H10ClN5/c1-2-14-12-8(11-13-14)6-3-4-7(9)10-5-6/h3-5,13H,2H2,1H3,(H,11,12)/p+1. The molecule has 0 fully saturated rings. The minimum Gasteiger partial charge on any atom is -0.244 e. The molecule has 1 aliphatic heterocycles. The molecule has 74 valence electrons. The predicted octanol–water partition coefficient (Wildman–Crippen LogP) is -0.285. The van der Waals surface area contributed by atoms with Gasteiger partial charge in [-0.3, -0.25) is 0 Å². The summed E-state index contributed by atoms with van der Waals surface area (Å²) < 4.78 is 0. The number of aromatic nitrogens is 1. The van der Waals surface area contributed by atoms with E-state index in [-0.39, 0.29) is 0 Å². The van der Waals surface area contributed by atoms with Crippen LogP contribution in [0.4, 0.5) is 0 Å². The Morgan fingerprint density at radius 3 is 3.00 bits per heavy atom. The molecule has 0 amide bonds.